The van der Waals surface area contributed by atoms with Crippen molar-refractivity contribution in [1.29, 1.82) is 0 Å². The van der Waals surface area contributed by atoms with Crippen molar-refractivity contribution >= 4 is 31.6 Å². The maximum absolute atomic E-state index is 12.5. The molecule has 1 aliphatic heterocycles. The van der Waals surface area contributed by atoms with Crippen LogP contribution in [0.3, 0.4) is 0 Å². The zero-order valence-electron chi connectivity index (χ0n) is 15.0. The van der Waals surface area contributed by atoms with Crippen molar-refractivity contribution in [3.8, 4) is 0 Å². The van der Waals surface area contributed by atoms with Crippen LogP contribution in [0.2, 0.25) is 5.02 Å². The van der Waals surface area contributed by atoms with Crippen molar-refractivity contribution in [3.05, 3.63) is 29.3 Å². The maximum atomic E-state index is 12.5. The molecule has 2 rings (SSSR count). The summed E-state index contributed by atoms with van der Waals surface area (Å²) in [7, 11) is -7.07. The monoisotopic (exact) mass is 440 g/mol. The second-order valence-corrected chi connectivity index (χ2v) is 10.6. The average Bonchev–Trinajstić information content (AvgIpc) is 2.62. The molecular formula is C16H25ClN2O6S2. The third-order valence-corrected chi connectivity index (χ3v) is 7.50. The van der Waals surface area contributed by atoms with Gasteiger partial charge >= 0.3 is 0 Å². The van der Waals surface area contributed by atoms with Gasteiger partial charge in [-0.05, 0) is 44.4 Å². The molecule has 0 amide bonds. The molecule has 27 heavy (non-hydrogen) atoms. The average molecular weight is 441 g/mol. The Morgan fingerprint density at radius 1 is 1.26 bits per heavy atom. The van der Waals surface area contributed by atoms with Gasteiger partial charge in [-0.3, -0.25) is 0 Å². The van der Waals surface area contributed by atoms with E-state index in [0.29, 0.717) is 24.3 Å². The van der Waals surface area contributed by atoms with Crippen molar-refractivity contribution in [1.82, 2.24) is 9.44 Å². The molecular weight excluding hydrogens is 416 g/mol. The van der Waals surface area contributed by atoms with Gasteiger partial charge in [0.2, 0.25) is 20.0 Å². The summed E-state index contributed by atoms with van der Waals surface area (Å²) in [6, 6.07) is 5.34. The van der Waals surface area contributed by atoms with E-state index in [4.69, 9.17) is 16.3 Å². The first-order valence-corrected chi connectivity index (χ1v) is 12.2. The Hall–Kier alpha value is -0.750. The lowest BCUT2D eigenvalue weighted by Gasteiger charge is -2.36. The largest absolute Gasteiger partial charge is 0.394 e. The summed E-state index contributed by atoms with van der Waals surface area (Å²) in [5.74, 6) is 0.00510. The summed E-state index contributed by atoms with van der Waals surface area (Å²) in [6.07, 6.45) is 0.501. The molecule has 154 valence electrons. The highest BCUT2D eigenvalue weighted by atomic mass is 35.5. The van der Waals surface area contributed by atoms with Crippen LogP contribution < -0.4 is 9.44 Å². The van der Waals surface area contributed by atoms with Crippen molar-refractivity contribution in [2.24, 2.45) is 0 Å². The number of ether oxygens (including phenoxy) is 1. The number of hydrogen-bond acceptors (Lipinski definition) is 6. The molecule has 1 aromatic rings. The smallest absolute Gasteiger partial charge is 0.240 e. The van der Waals surface area contributed by atoms with Gasteiger partial charge in [0.1, 0.15) is 0 Å². The number of benzene rings is 1. The molecule has 0 saturated carbocycles. The summed E-state index contributed by atoms with van der Waals surface area (Å²) < 4.78 is 58.8. The van der Waals surface area contributed by atoms with Crippen LogP contribution in [0.15, 0.2) is 29.2 Å². The summed E-state index contributed by atoms with van der Waals surface area (Å²) >= 11 is 5.85. The summed E-state index contributed by atoms with van der Waals surface area (Å²) in [4.78, 5) is 0.0442. The van der Waals surface area contributed by atoms with E-state index in [0.717, 1.165) is 0 Å². The van der Waals surface area contributed by atoms with Crippen LogP contribution in [0.5, 0.6) is 0 Å². The van der Waals surface area contributed by atoms with E-state index >= 15 is 0 Å². The SMILES string of the molecule is CCS(=O)(=O)NCC[C@H]1CC[C@H](NS(=O)(=O)c2cccc(Cl)c2)[C@H](CO)O1. The normalized spacial score (nSPS) is 24.0. The molecule has 1 aliphatic rings. The summed E-state index contributed by atoms with van der Waals surface area (Å²) in [5, 5.41) is 9.90. The Kier molecular flexibility index (Phi) is 8.05. The molecule has 3 atom stereocenters. The molecule has 3 N–H and O–H groups in total. The lowest BCUT2D eigenvalue weighted by molar-refractivity contribution is -0.0869. The van der Waals surface area contributed by atoms with Crippen LogP contribution in [0.25, 0.3) is 0 Å². The minimum absolute atomic E-state index is 0.00510. The van der Waals surface area contributed by atoms with E-state index in [1.807, 2.05) is 0 Å². The number of aliphatic hydroxyl groups is 1. The second kappa shape index (κ2) is 9.64. The van der Waals surface area contributed by atoms with E-state index in [1.54, 1.807) is 19.1 Å². The van der Waals surface area contributed by atoms with Gasteiger partial charge in [0.25, 0.3) is 0 Å². The fourth-order valence-corrected chi connectivity index (χ4v) is 5.09. The van der Waals surface area contributed by atoms with Gasteiger partial charge in [-0.1, -0.05) is 17.7 Å². The summed E-state index contributed by atoms with van der Waals surface area (Å²) in [5.41, 5.74) is 0. The molecule has 1 aromatic carbocycles. The van der Waals surface area contributed by atoms with Crippen LogP contribution in [-0.4, -0.2) is 59.1 Å². The first kappa shape index (κ1) is 22.5. The fraction of sp³-hybridized carbons (Fsp3) is 0.625. The topological polar surface area (TPSA) is 122 Å². The third-order valence-electron chi connectivity index (χ3n) is 4.38. The number of sulfonamides is 2. The van der Waals surface area contributed by atoms with Crippen LogP contribution in [0.1, 0.15) is 26.2 Å². The third kappa shape index (κ3) is 6.67. The van der Waals surface area contributed by atoms with Crippen molar-refractivity contribution < 1.29 is 26.7 Å². The van der Waals surface area contributed by atoms with Gasteiger partial charge in [-0.2, -0.15) is 0 Å². The first-order valence-electron chi connectivity index (χ1n) is 8.68. The van der Waals surface area contributed by atoms with Gasteiger partial charge in [-0.25, -0.2) is 26.3 Å². The minimum atomic E-state index is -3.80. The highest BCUT2D eigenvalue weighted by Gasteiger charge is 2.34. The Morgan fingerprint density at radius 2 is 2.00 bits per heavy atom. The number of aliphatic hydroxyl groups excluding tert-OH is 1. The van der Waals surface area contributed by atoms with Crippen molar-refractivity contribution in [2.75, 3.05) is 18.9 Å². The number of nitrogens with one attached hydrogen (secondary N) is 2. The molecule has 8 nitrogen and oxygen atoms in total. The molecule has 11 heteroatoms. The maximum Gasteiger partial charge on any atom is 0.240 e. The second-order valence-electron chi connectivity index (χ2n) is 6.33. The number of hydrogen-bond donors (Lipinski definition) is 3. The Labute approximate surface area is 165 Å². The molecule has 1 heterocycles. The van der Waals surface area contributed by atoms with Crippen LogP contribution in [0.4, 0.5) is 0 Å². The Morgan fingerprint density at radius 3 is 2.63 bits per heavy atom. The molecule has 1 saturated heterocycles. The van der Waals surface area contributed by atoms with Crippen LogP contribution in [-0.2, 0) is 24.8 Å². The van der Waals surface area contributed by atoms with Crippen molar-refractivity contribution in [2.45, 2.75) is 49.3 Å². The lowest BCUT2D eigenvalue weighted by Crippen LogP contribution is -2.51. The molecule has 0 aromatic heterocycles. The van der Waals surface area contributed by atoms with E-state index in [1.165, 1.54) is 12.1 Å². The van der Waals surface area contributed by atoms with Crippen molar-refractivity contribution in [3.63, 3.8) is 0 Å². The fourth-order valence-electron chi connectivity index (χ4n) is 2.86. The van der Waals surface area contributed by atoms with Crippen LogP contribution >= 0.6 is 11.6 Å². The molecule has 1 fully saturated rings. The highest BCUT2D eigenvalue weighted by molar-refractivity contribution is 7.89. The zero-order valence-corrected chi connectivity index (χ0v) is 17.4. The first-order chi connectivity index (χ1) is 12.7. The molecule has 0 radical (unpaired) electrons. The standard InChI is InChI=1S/C16H25ClN2O6S2/c1-2-26(21,22)18-9-8-13-6-7-15(16(11-20)25-13)19-27(23,24)14-5-3-4-12(17)10-14/h3-5,10,13,15-16,18-20H,2,6-9,11H2,1H3/t13-,15+,16+/m1/s1. The lowest BCUT2D eigenvalue weighted by atomic mass is 9.98. The van der Waals surface area contributed by atoms with E-state index in [9.17, 15) is 21.9 Å². The van der Waals surface area contributed by atoms with Gasteiger partial charge in [0.15, 0.2) is 0 Å². The highest BCUT2D eigenvalue weighted by Crippen LogP contribution is 2.24. The van der Waals surface area contributed by atoms with Gasteiger partial charge in [-0.15, -0.1) is 0 Å². The number of rotatable bonds is 9. The predicted molar refractivity (Wildman–Crippen MR) is 103 cm³/mol. The quantitative estimate of drug-likeness (QED) is 0.523. The predicted octanol–water partition coefficient (Wildman–Crippen LogP) is 0.856. The molecule has 0 aliphatic carbocycles. The Balaban J connectivity index is 1.95. The zero-order chi connectivity index (χ0) is 20.1. The van der Waals surface area contributed by atoms with E-state index in [-0.39, 0.29) is 29.9 Å². The summed E-state index contributed by atoms with van der Waals surface area (Å²) in [6.45, 7) is 1.44. The van der Waals surface area contributed by atoms with E-state index in [2.05, 4.69) is 9.44 Å². The van der Waals surface area contributed by atoms with Gasteiger partial charge in [0.05, 0.1) is 35.5 Å². The van der Waals surface area contributed by atoms with E-state index < -0.39 is 32.2 Å². The molecule has 0 bridgehead atoms. The van der Waals surface area contributed by atoms with Crippen LogP contribution in [0, 0.1) is 0 Å². The van der Waals surface area contributed by atoms with Gasteiger partial charge < -0.3 is 9.84 Å². The Bertz CT molecular complexity index is 831. The molecule has 0 unspecified atom stereocenters. The minimum Gasteiger partial charge on any atom is -0.394 e. The molecule has 0 spiro atoms. The number of halogens is 1. The van der Waals surface area contributed by atoms with Gasteiger partial charge in [0, 0.05) is 11.6 Å².